The molecule has 2 aromatic rings. The Bertz CT molecular complexity index is 539. The Morgan fingerprint density at radius 3 is 2.00 bits per heavy atom. The zero-order valence-electron chi connectivity index (χ0n) is 12.8. The normalized spacial score (nSPS) is 11.9. The van der Waals surface area contributed by atoms with Crippen LogP contribution in [0.4, 0.5) is 0 Å². The lowest BCUT2D eigenvalue weighted by Crippen LogP contribution is -1.98. The highest BCUT2D eigenvalue weighted by atomic mass is 14.1. The summed E-state index contributed by atoms with van der Waals surface area (Å²) in [5.41, 5.74) is 4.27. The van der Waals surface area contributed by atoms with Crippen molar-refractivity contribution >= 4 is 0 Å². The number of hydrogen-bond donors (Lipinski definition) is 0. The van der Waals surface area contributed by atoms with E-state index >= 15 is 0 Å². The van der Waals surface area contributed by atoms with Crippen LogP contribution in [0.2, 0.25) is 0 Å². The maximum Gasteiger partial charge on any atom is -0.0184 e. The van der Waals surface area contributed by atoms with E-state index in [9.17, 15) is 0 Å². The van der Waals surface area contributed by atoms with Crippen molar-refractivity contribution in [1.82, 2.24) is 0 Å². The van der Waals surface area contributed by atoms with E-state index in [2.05, 4.69) is 87.5 Å². The van der Waals surface area contributed by atoms with Crippen LogP contribution in [0.3, 0.4) is 0 Å². The van der Waals surface area contributed by atoms with Gasteiger partial charge in [-0.1, -0.05) is 87.5 Å². The first kappa shape index (κ1) is 14.6. The van der Waals surface area contributed by atoms with Crippen molar-refractivity contribution in [2.45, 2.75) is 33.6 Å². The Morgan fingerprint density at radius 1 is 0.800 bits per heavy atom. The maximum atomic E-state index is 2.30. The van der Waals surface area contributed by atoms with Crippen molar-refractivity contribution in [1.29, 1.82) is 0 Å². The molecule has 0 N–H and O–H groups in total. The first-order chi connectivity index (χ1) is 9.54. The van der Waals surface area contributed by atoms with Crippen LogP contribution >= 0.6 is 0 Å². The predicted molar refractivity (Wildman–Crippen MR) is 88.8 cm³/mol. The smallest absolute Gasteiger partial charge is 0.0184 e. The molecule has 0 saturated heterocycles. The molecule has 20 heavy (non-hydrogen) atoms. The summed E-state index contributed by atoms with van der Waals surface area (Å²) in [4.78, 5) is 0. The van der Waals surface area contributed by atoms with Gasteiger partial charge >= 0.3 is 0 Å². The molecule has 0 atom stereocenters. The number of aryl methyl sites for hydroxylation is 1. The molecule has 0 amide bonds. The van der Waals surface area contributed by atoms with Gasteiger partial charge in [0, 0.05) is 0 Å². The van der Waals surface area contributed by atoms with Crippen LogP contribution in [-0.2, 0) is 6.42 Å². The lowest BCUT2D eigenvalue weighted by Gasteiger charge is -2.10. The number of hydrogen-bond acceptors (Lipinski definition) is 0. The van der Waals surface area contributed by atoms with Gasteiger partial charge in [0.1, 0.15) is 0 Å². The summed E-state index contributed by atoms with van der Waals surface area (Å²) in [7, 11) is 0. The highest BCUT2D eigenvalue weighted by Crippen LogP contribution is 2.20. The largest absolute Gasteiger partial charge is 0.0877 e. The van der Waals surface area contributed by atoms with Crippen molar-refractivity contribution in [3.05, 3.63) is 72.3 Å². The zero-order valence-corrected chi connectivity index (χ0v) is 12.8. The topological polar surface area (TPSA) is 0 Å². The van der Waals surface area contributed by atoms with E-state index < -0.39 is 0 Å². The van der Waals surface area contributed by atoms with Crippen LogP contribution in [-0.4, -0.2) is 0 Å². The van der Waals surface area contributed by atoms with Gasteiger partial charge < -0.3 is 0 Å². The number of allylic oxidation sites excluding steroid dienone is 2. The van der Waals surface area contributed by atoms with Crippen LogP contribution < -0.4 is 0 Å². The van der Waals surface area contributed by atoms with Crippen molar-refractivity contribution < 1.29 is 0 Å². The van der Waals surface area contributed by atoms with E-state index in [0.717, 1.165) is 12.8 Å². The third-order valence-electron chi connectivity index (χ3n) is 3.28. The van der Waals surface area contributed by atoms with Crippen molar-refractivity contribution in [3.63, 3.8) is 0 Å². The zero-order chi connectivity index (χ0) is 14.4. The van der Waals surface area contributed by atoms with E-state index in [-0.39, 0.29) is 5.41 Å². The summed E-state index contributed by atoms with van der Waals surface area (Å²) in [6.45, 7) is 6.70. The standard InChI is InChI=1S/C20H24/c1-20(2,3)16-8-7-9-17-12-14-19(15-13-17)18-10-5-4-6-11-18/h4-6,8,10-16H,7,9H2,1-3H3/b16-8+. The summed E-state index contributed by atoms with van der Waals surface area (Å²) < 4.78 is 0. The second-order valence-corrected chi connectivity index (χ2v) is 6.37. The molecular formula is C20H24. The SMILES string of the molecule is CC(C)(C)/C=C/CCc1ccc(-c2ccccc2)cc1. The summed E-state index contributed by atoms with van der Waals surface area (Å²) in [5.74, 6) is 0. The molecule has 0 aliphatic rings. The van der Waals surface area contributed by atoms with Crippen LogP contribution in [0.1, 0.15) is 32.8 Å². The molecule has 0 aliphatic carbocycles. The van der Waals surface area contributed by atoms with E-state index in [1.807, 2.05) is 0 Å². The number of rotatable bonds is 4. The molecule has 0 nitrogen and oxygen atoms in total. The second kappa shape index (κ2) is 6.56. The van der Waals surface area contributed by atoms with Crippen LogP contribution in [0.25, 0.3) is 11.1 Å². The molecule has 2 rings (SSSR count). The maximum absolute atomic E-state index is 2.30. The van der Waals surface area contributed by atoms with Gasteiger partial charge in [0.25, 0.3) is 0 Å². The van der Waals surface area contributed by atoms with Crippen molar-refractivity contribution in [2.24, 2.45) is 5.41 Å². The minimum atomic E-state index is 0.289. The minimum absolute atomic E-state index is 0.289. The minimum Gasteiger partial charge on any atom is -0.0877 e. The third kappa shape index (κ3) is 4.70. The fourth-order valence-corrected chi connectivity index (χ4v) is 2.18. The predicted octanol–water partition coefficient (Wildman–Crippen LogP) is 5.89. The average Bonchev–Trinajstić information content (AvgIpc) is 2.44. The Morgan fingerprint density at radius 2 is 1.40 bits per heavy atom. The van der Waals surface area contributed by atoms with E-state index in [1.54, 1.807) is 0 Å². The molecule has 104 valence electrons. The Labute approximate surface area is 123 Å². The molecule has 0 heterocycles. The van der Waals surface area contributed by atoms with E-state index in [4.69, 9.17) is 0 Å². The molecule has 0 unspecified atom stereocenters. The Hall–Kier alpha value is -1.82. The highest BCUT2D eigenvalue weighted by Gasteiger charge is 2.02. The van der Waals surface area contributed by atoms with Crippen molar-refractivity contribution in [3.8, 4) is 11.1 Å². The Balaban J connectivity index is 1.94. The molecule has 2 aromatic carbocycles. The quantitative estimate of drug-likeness (QED) is 0.604. The van der Waals surface area contributed by atoms with Gasteiger partial charge in [-0.3, -0.25) is 0 Å². The van der Waals surface area contributed by atoms with Gasteiger partial charge in [-0.05, 0) is 34.9 Å². The summed E-state index contributed by atoms with van der Waals surface area (Å²) in [6.07, 6.45) is 6.82. The first-order valence-corrected chi connectivity index (χ1v) is 7.37. The van der Waals surface area contributed by atoms with E-state index in [0.29, 0.717) is 0 Å². The molecule has 0 saturated carbocycles. The fraction of sp³-hybridized carbons (Fsp3) is 0.300. The second-order valence-electron chi connectivity index (χ2n) is 6.37. The lowest BCUT2D eigenvalue weighted by molar-refractivity contribution is 0.542. The fourth-order valence-electron chi connectivity index (χ4n) is 2.18. The number of benzene rings is 2. The molecule has 0 bridgehead atoms. The van der Waals surface area contributed by atoms with Gasteiger partial charge in [0.2, 0.25) is 0 Å². The average molecular weight is 264 g/mol. The van der Waals surface area contributed by atoms with E-state index in [1.165, 1.54) is 16.7 Å². The van der Waals surface area contributed by atoms with Gasteiger partial charge in [0.05, 0.1) is 0 Å². The summed E-state index contributed by atoms with van der Waals surface area (Å²) in [5, 5.41) is 0. The Kier molecular flexibility index (Phi) is 4.79. The summed E-state index contributed by atoms with van der Waals surface area (Å²) in [6, 6.07) is 19.5. The lowest BCUT2D eigenvalue weighted by atomic mass is 9.95. The van der Waals surface area contributed by atoms with Gasteiger partial charge in [0.15, 0.2) is 0 Å². The van der Waals surface area contributed by atoms with Gasteiger partial charge in [-0.2, -0.15) is 0 Å². The van der Waals surface area contributed by atoms with Crippen LogP contribution in [0.5, 0.6) is 0 Å². The highest BCUT2D eigenvalue weighted by molar-refractivity contribution is 5.63. The molecule has 0 aliphatic heterocycles. The van der Waals surface area contributed by atoms with Gasteiger partial charge in [-0.15, -0.1) is 0 Å². The molecule has 0 radical (unpaired) electrons. The molecule has 0 heteroatoms. The summed E-state index contributed by atoms with van der Waals surface area (Å²) >= 11 is 0. The van der Waals surface area contributed by atoms with Crippen LogP contribution in [0, 0.1) is 5.41 Å². The molecule has 0 aromatic heterocycles. The van der Waals surface area contributed by atoms with Gasteiger partial charge in [-0.25, -0.2) is 0 Å². The monoisotopic (exact) mass is 264 g/mol. The van der Waals surface area contributed by atoms with Crippen molar-refractivity contribution in [2.75, 3.05) is 0 Å². The third-order valence-corrected chi connectivity index (χ3v) is 3.28. The molecule has 0 fully saturated rings. The molecule has 0 spiro atoms. The first-order valence-electron chi connectivity index (χ1n) is 7.37. The molecular weight excluding hydrogens is 240 g/mol. The van der Waals surface area contributed by atoms with Crippen LogP contribution in [0.15, 0.2) is 66.7 Å².